The van der Waals surface area contributed by atoms with Crippen LogP contribution in [0.1, 0.15) is 0 Å². The summed E-state index contributed by atoms with van der Waals surface area (Å²) in [5.74, 6) is 0.698. The average Bonchev–Trinajstić information content (AvgIpc) is 2.29. The van der Waals surface area contributed by atoms with Crippen LogP contribution in [-0.4, -0.2) is 17.0 Å². The predicted molar refractivity (Wildman–Crippen MR) is 67.0 cm³/mol. The lowest BCUT2D eigenvalue weighted by Crippen LogP contribution is -1.95. The van der Waals surface area contributed by atoms with E-state index in [2.05, 4.69) is 15.3 Å². The summed E-state index contributed by atoms with van der Waals surface area (Å²) in [5, 5.41) is 4.09. The fourth-order valence-electron chi connectivity index (χ4n) is 1.31. The Kier molecular flexibility index (Phi) is 3.27. The van der Waals surface area contributed by atoms with Gasteiger partial charge in [0.25, 0.3) is 0 Å². The van der Waals surface area contributed by atoms with Gasteiger partial charge in [0.2, 0.25) is 0 Å². The summed E-state index contributed by atoms with van der Waals surface area (Å²) in [7, 11) is 1.79. The van der Waals surface area contributed by atoms with Crippen LogP contribution in [0.4, 0.5) is 5.82 Å². The zero-order valence-electron chi connectivity index (χ0n) is 8.54. The number of halogens is 2. The second kappa shape index (κ2) is 4.68. The van der Waals surface area contributed by atoms with Crippen LogP contribution in [0.2, 0.25) is 10.0 Å². The van der Waals surface area contributed by atoms with Gasteiger partial charge in [-0.15, -0.1) is 0 Å². The molecule has 0 bridgehead atoms. The predicted octanol–water partition coefficient (Wildman–Crippen LogP) is 3.49. The van der Waals surface area contributed by atoms with Gasteiger partial charge >= 0.3 is 0 Å². The molecule has 0 aliphatic rings. The monoisotopic (exact) mass is 253 g/mol. The summed E-state index contributed by atoms with van der Waals surface area (Å²) in [5.41, 5.74) is 1.53. The van der Waals surface area contributed by atoms with Crippen LogP contribution in [0.25, 0.3) is 11.3 Å². The molecule has 1 aromatic heterocycles. The van der Waals surface area contributed by atoms with E-state index >= 15 is 0 Å². The highest BCUT2D eigenvalue weighted by atomic mass is 35.5. The van der Waals surface area contributed by atoms with Crippen molar-refractivity contribution < 1.29 is 0 Å². The molecule has 0 saturated heterocycles. The molecule has 0 spiro atoms. The molecule has 2 rings (SSSR count). The molecule has 3 nitrogen and oxygen atoms in total. The Labute approximate surface area is 103 Å². The molecule has 1 aromatic carbocycles. The Balaban J connectivity index is 2.49. The number of nitrogens with zero attached hydrogens (tertiary/aromatic N) is 2. The molecule has 82 valence electrons. The summed E-state index contributed by atoms with van der Waals surface area (Å²) >= 11 is 11.9. The van der Waals surface area contributed by atoms with Crippen molar-refractivity contribution in [1.82, 2.24) is 9.97 Å². The topological polar surface area (TPSA) is 37.8 Å². The summed E-state index contributed by atoms with van der Waals surface area (Å²) in [6, 6.07) is 5.29. The minimum Gasteiger partial charge on any atom is -0.372 e. The Hall–Kier alpha value is -1.32. The Morgan fingerprint density at radius 1 is 1.19 bits per heavy atom. The highest BCUT2D eigenvalue weighted by Gasteiger charge is 2.06. The van der Waals surface area contributed by atoms with Crippen molar-refractivity contribution >= 4 is 29.0 Å². The van der Waals surface area contributed by atoms with E-state index in [9.17, 15) is 0 Å². The van der Waals surface area contributed by atoms with Crippen LogP contribution in [0, 0.1) is 0 Å². The van der Waals surface area contributed by atoms with E-state index in [0.717, 1.165) is 5.56 Å². The summed E-state index contributed by atoms with van der Waals surface area (Å²) in [4.78, 5) is 8.43. The molecular formula is C11H9Cl2N3. The number of nitrogens with one attached hydrogen (secondary N) is 1. The Morgan fingerprint density at radius 3 is 2.69 bits per heavy atom. The summed E-state index contributed by atoms with van der Waals surface area (Å²) in [6.07, 6.45) is 3.31. The smallest absolute Gasteiger partial charge is 0.144 e. The van der Waals surface area contributed by atoms with Crippen molar-refractivity contribution in [2.45, 2.75) is 0 Å². The van der Waals surface area contributed by atoms with Crippen LogP contribution in [-0.2, 0) is 0 Å². The molecule has 1 N–H and O–H groups in total. The number of aromatic nitrogens is 2. The van der Waals surface area contributed by atoms with E-state index in [1.165, 1.54) is 0 Å². The maximum Gasteiger partial charge on any atom is 0.144 e. The molecule has 16 heavy (non-hydrogen) atoms. The van der Waals surface area contributed by atoms with E-state index in [4.69, 9.17) is 23.2 Å². The van der Waals surface area contributed by atoms with E-state index in [0.29, 0.717) is 21.6 Å². The van der Waals surface area contributed by atoms with Gasteiger partial charge in [-0.3, -0.25) is 4.98 Å². The lowest BCUT2D eigenvalue weighted by atomic mass is 10.1. The van der Waals surface area contributed by atoms with Gasteiger partial charge in [0, 0.05) is 17.6 Å². The molecule has 0 radical (unpaired) electrons. The molecule has 5 heteroatoms. The van der Waals surface area contributed by atoms with Gasteiger partial charge in [-0.2, -0.15) is 0 Å². The average molecular weight is 254 g/mol. The van der Waals surface area contributed by atoms with Gasteiger partial charge in [0.15, 0.2) is 0 Å². The minimum absolute atomic E-state index is 0.565. The summed E-state index contributed by atoms with van der Waals surface area (Å²) in [6.45, 7) is 0. The van der Waals surface area contributed by atoms with Crippen molar-refractivity contribution in [2.24, 2.45) is 0 Å². The highest BCUT2D eigenvalue weighted by molar-refractivity contribution is 6.36. The normalized spacial score (nSPS) is 10.2. The molecule has 0 atom stereocenters. The largest absolute Gasteiger partial charge is 0.372 e. The second-order valence-electron chi connectivity index (χ2n) is 3.16. The first kappa shape index (κ1) is 11.2. The van der Waals surface area contributed by atoms with Gasteiger partial charge in [-0.1, -0.05) is 23.2 Å². The van der Waals surface area contributed by atoms with Gasteiger partial charge in [0.1, 0.15) is 5.82 Å². The molecule has 0 fully saturated rings. The van der Waals surface area contributed by atoms with Crippen molar-refractivity contribution in [3.05, 3.63) is 40.6 Å². The lowest BCUT2D eigenvalue weighted by Gasteiger charge is -2.05. The number of hydrogen-bond donors (Lipinski definition) is 1. The van der Waals surface area contributed by atoms with Gasteiger partial charge in [-0.05, 0) is 18.2 Å². The Bertz CT molecular complexity index is 514. The number of hydrogen-bond acceptors (Lipinski definition) is 3. The SMILES string of the molecule is CNc1cncc(-c2ccc(Cl)cc2Cl)n1. The summed E-state index contributed by atoms with van der Waals surface area (Å²) < 4.78 is 0. The van der Waals surface area contributed by atoms with E-state index in [1.807, 2.05) is 6.07 Å². The maximum absolute atomic E-state index is 6.09. The van der Waals surface area contributed by atoms with E-state index < -0.39 is 0 Å². The minimum atomic E-state index is 0.565. The fraction of sp³-hybridized carbons (Fsp3) is 0.0909. The number of rotatable bonds is 2. The Morgan fingerprint density at radius 2 is 2.00 bits per heavy atom. The number of anilines is 1. The van der Waals surface area contributed by atoms with Crippen molar-refractivity contribution in [2.75, 3.05) is 12.4 Å². The lowest BCUT2D eigenvalue weighted by molar-refractivity contribution is 1.19. The first-order valence-corrected chi connectivity index (χ1v) is 5.41. The van der Waals surface area contributed by atoms with E-state index in [1.54, 1.807) is 31.6 Å². The third kappa shape index (κ3) is 2.26. The van der Waals surface area contributed by atoms with Crippen LogP contribution in [0.15, 0.2) is 30.6 Å². The van der Waals surface area contributed by atoms with Gasteiger partial charge in [0.05, 0.1) is 23.1 Å². The molecule has 0 saturated carbocycles. The third-order valence-electron chi connectivity index (χ3n) is 2.10. The van der Waals surface area contributed by atoms with Crippen LogP contribution < -0.4 is 5.32 Å². The van der Waals surface area contributed by atoms with E-state index in [-0.39, 0.29) is 0 Å². The maximum atomic E-state index is 6.09. The molecule has 2 aromatic rings. The van der Waals surface area contributed by atoms with Gasteiger partial charge in [-0.25, -0.2) is 4.98 Å². The zero-order chi connectivity index (χ0) is 11.5. The molecule has 0 unspecified atom stereocenters. The molecule has 0 aliphatic carbocycles. The highest BCUT2D eigenvalue weighted by Crippen LogP contribution is 2.29. The fourth-order valence-corrected chi connectivity index (χ4v) is 1.82. The standard InChI is InChI=1S/C11H9Cl2N3/c1-14-11-6-15-5-10(16-11)8-3-2-7(12)4-9(8)13/h2-6H,1H3,(H,14,16). The first-order valence-electron chi connectivity index (χ1n) is 4.66. The second-order valence-corrected chi connectivity index (χ2v) is 4.01. The van der Waals surface area contributed by atoms with Crippen molar-refractivity contribution in [3.8, 4) is 11.3 Å². The van der Waals surface area contributed by atoms with Crippen molar-refractivity contribution in [1.29, 1.82) is 0 Å². The zero-order valence-corrected chi connectivity index (χ0v) is 10.0. The van der Waals surface area contributed by atoms with Crippen LogP contribution >= 0.6 is 23.2 Å². The van der Waals surface area contributed by atoms with Crippen LogP contribution in [0.5, 0.6) is 0 Å². The molecule has 0 amide bonds. The van der Waals surface area contributed by atoms with Gasteiger partial charge < -0.3 is 5.32 Å². The third-order valence-corrected chi connectivity index (χ3v) is 2.65. The quantitative estimate of drug-likeness (QED) is 0.891. The molecule has 1 heterocycles. The molecular weight excluding hydrogens is 245 g/mol. The van der Waals surface area contributed by atoms with Crippen LogP contribution in [0.3, 0.4) is 0 Å². The number of benzene rings is 1. The first-order chi connectivity index (χ1) is 7.70. The molecule has 0 aliphatic heterocycles. The van der Waals surface area contributed by atoms with Crippen molar-refractivity contribution in [3.63, 3.8) is 0 Å².